The van der Waals surface area contributed by atoms with Gasteiger partial charge in [0.15, 0.2) is 0 Å². The number of hydrogen-bond donors (Lipinski definition) is 1. The van der Waals surface area contributed by atoms with E-state index >= 15 is 0 Å². The van der Waals surface area contributed by atoms with Crippen molar-refractivity contribution in [2.24, 2.45) is 4.99 Å². The van der Waals surface area contributed by atoms with E-state index in [1.54, 1.807) is 41.4 Å². The molecule has 0 saturated heterocycles. The van der Waals surface area contributed by atoms with Crippen molar-refractivity contribution < 1.29 is 35.1 Å². The van der Waals surface area contributed by atoms with Crippen molar-refractivity contribution in [3.8, 4) is 0 Å². The van der Waals surface area contributed by atoms with Crippen LogP contribution in [-0.4, -0.2) is 72.9 Å². The normalized spacial score (nSPS) is 11.9. The van der Waals surface area contributed by atoms with E-state index in [1.807, 2.05) is 13.0 Å². The van der Waals surface area contributed by atoms with Gasteiger partial charge in [-0.05, 0) is 42.3 Å². The van der Waals surface area contributed by atoms with E-state index in [9.17, 15) is 26.7 Å². The molecular weight excluding hydrogens is 508 g/mol. The number of benzene rings is 2. The van der Waals surface area contributed by atoms with Crippen LogP contribution in [0.4, 0.5) is 11.4 Å². The van der Waals surface area contributed by atoms with Gasteiger partial charge in [0.1, 0.15) is 0 Å². The molecule has 0 amide bonds. The smallest absolute Gasteiger partial charge is 0.337 e. The van der Waals surface area contributed by atoms with Crippen molar-refractivity contribution in [2.75, 3.05) is 43.7 Å². The van der Waals surface area contributed by atoms with Crippen LogP contribution in [0.2, 0.25) is 0 Å². The Morgan fingerprint density at radius 1 is 1.00 bits per heavy atom. The van der Waals surface area contributed by atoms with Gasteiger partial charge < -0.3 is 10.0 Å². The number of nitrogens with zero attached hydrogens (tertiary/aromatic N) is 2. The Morgan fingerprint density at radius 3 is 2.06 bits per heavy atom. The van der Waals surface area contributed by atoms with Crippen molar-refractivity contribution in [2.45, 2.75) is 6.92 Å². The van der Waals surface area contributed by atoms with Gasteiger partial charge >= 0.3 is 5.97 Å². The van der Waals surface area contributed by atoms with Gasteiger partial charge in [0.25, 0.3) is 20.2 Å². The fourth-order valence-electron chi connectivity index (χ4n) is 2.88. The molecule has 188 valence electrons. The molecule has 0 saturated carbocycles. The fourth-order valence-corrected chi connectivity index (χ4v) is 3.63. The largest absolute Gasteiger partial charge is 0.478 e. The third kappa shape index (κ3) is 10.2. The molecule has 0 radical (unpaired) electrons. The van der Waals surface area contributed by atoms with Crippen molar-refractivity contribution in [1.82, 2.24) is 0 Å². The summed E-state index contributed by atoms with van der Waals surface area (Å²) in [6.45, 7) is 1.96. The molecule has 2 rings (SSSR count). The summed E-state index contributed by atoms with van der Waals surface area (Å²) >= 11 is 0. The Morgan fingerprint density at radius 2 is 1.56 bits per heavy atom. The first-order chi connectivity index (χ1) is 15.4. The maximum atomic E-state index is 11.3. The van der Waals surface area contributed by atoms with Gasteiger partial charge in [0.05, 0.1) is 37.0 Å². The molecule has 0 fully saturated rings. The van der Waals surface area contributed by atoms with Gasteiger partial charge in [-0.1, -0.05) is 18.2 Å². The number of rotatable bonds is 12. The molecule has 34 heavy (non-hydrogen) atoms. The van der Waals surface area contributed by atoms with Gasteiger partial charge in [-0.2, -0.15) is 16.8 Å². The molecule has 0 heterocycles. The molecule has 10 nitrogen and oxygen atoms in total. The van der Waals surface area contributed by atoms with E-state index in [1.165, 1.54) is 6.07 Å². The predicted molar refractivity (Wildman–Crippen MR) is 133 cm³/mol. The fraction of sp³-hybridized carbons (Fsp3) is 0.333. The van der Waals surface area contributed by atoms with Crippen LogP contribution in [0.15, 0.2) is 47.5 Å². The number of aliphatic imine (C=N–C) groups is 1. The van der Waals surface area contributed by atoms with Crippen molar-refractivity contribution in [3.05, 3.63) is 59.2 Å². The number of para-hydroxylation sites is 1. The molecule has 0 aliphatic rings. The van der Waals surface area contributed by atoms with Crippen LogP contribution in [0.5, 0.6) is 0 Å². The van der Waals surface area contributed by atoms with Crippen LogP contribution in [-0.2, 0) is 28.6 Å². The lowest BCUT2D eigenvalue weighted by Gasteiger charge is -2.25. The third-order valence-corrected chi connectivity index (χ3v) is 5.60. The number of carboxylic acids is 1. The molecule has 2 aromatic rings. The van der Waals surface area contributed by atoms with Crippen LogP contribution < -0.4 is 4.90 Å². The average molecular weight is 535 g/mol. The summed E-state index contributed by atoms with van der Waals surface area (Å²) in [5.74, 6) is -1.07. The number of hydrogen-bond acceptors (Lipinski definition) is 9. The lowest BCUT2D eigenvalue weighted by atomic mass is 10.1. The van der Waals surface area contributed by atoms with Crippen LogP contribution in [0.25, 0.3) is 0 Å². The summed E-state index contributed by atoms with van der Waals surface area (Å²) in [6, 6.07) is 11.8. The molecule has 13 heteroatoms. The first kappa shape index (κ1) is 29.5. The number of halogens is 1. The zero-order chi connectivity index (χ0) is 24.6. The molecule has 1 N–H and O–H groups in total. The Kier molecular flexibility index (Phi) is 11.1. The topological polar surface area (TPSA) is 140 Å². The lowest BCUT2D eigenvalue weighted by molar-refractivity contribution is 0.0697. The van der Waals surface area contributed by atoms with E-state index in [-0.39, 0.29) is 44.3 Å². The SMILES string of the molecule is Cc1cc(N(CCOS(C)(=O)=O)CCOS(C)(=O)=O)ccc1C=Nc1ccccc1C(=O)O.Cl. The second kappa shape index (κ2) is 12.8. The van der Waals surface area contributed by atoms with E-state index in [4.69, 9.17) is 8.37 Å². The first-order valence-corrected chi connectivity index (χ1v) is 13.4. The molecular formula is C21H27ClN2O8S2. The maximum Gasteiger partial charge on any atom is 0.337 e. The number of aromatic carboxylic acids is 1. The van der Waals surface area contributed by atoms with E-state index in [0.717, 1.165) is 23.6 Å². The maximum absolute atomic E-state index is 11.3. The molecule has 0 aromatic heterocycles. The van der Waals surface area contributed by atoms with Crippen LogP contribution in [0, 0.1) is 6.92 Å². The molecule has 0 atom stereocenters. The molecule has 0 unspecified atom stereocenters. The van der Waals surface area contributed by atoms with Crippen molar-refractivity contribution in [3.63, 3.8) is 0 Å². The summed E-state index contributed by atoms with van der Waals surface area (Å²) < 4.78 is 54.6. The Labute approximate surface area is 205 Å². The van der Waals surface area contributed by atoms with Gasteiger partial charge in [-0.25, -0.2) is 4.79 Å². The molecule has 0 aliphatic heterocycles. The van der Waals surface area contributed by atoms with Gasteiger partial charge in [-0.3, -0.25) is 13.4 Å². The zero-order valence-corrected chi connectivity index (χ0v) is 21.3. The minimum atomic E-state index is -3.62. The van der Waals surface area contributed by atoms with E-state index in [0.29, 0.717) is 11.4 Å². The number of carbonyl (C=O) groups is 1. The minimum absolute atomic E-state index is 0. The number of aryl methyl sites for hydroxylation is 1. The van der Waals surface area contributed by atoms with Crippen LogP contribution in [0.1, 0.15) is 21.5 Å². The summed E-state index contributed by atoms with van der Waals surface area (Å²) in [6.07, 6.45) is 3.46. The summed E-state index contributed by atoms with van der Waals surface area (Å²) in [4.78, 5) is 17.4. The average Bonchev–Trinajstić information content (AvgIpc) is 2.70. The Balaban J connectivity index is 0.00000578. The first-order valence-electron chi connectivity index (χ1n) is 9.76. The highest BCUT2D eigenvalue weighted by atomic mass is 35.5. The Bertz CT molecular complexity index is 1190. The van der Waals surface area contributed by atoms with E-state index in [2.05, 4.69) is 4.99 Å². The zero-order valence-electron chi connectivity index (χ0n) is 18.9. The molecule has 0 spiro atoms. The second-order valence-corrected chi connectivity index (χ2v) is 10.4. The monoisotopic (exact) mass is 534 g/mol. The minimum Gasteiger partial charge on any atom is -0.478 e. The van der Waals surface area contributed by atoms with E-state index < -0.39 is 26.2 Å². The standard InChI is InChI=1S/C21H26N2O8S2.ClH/c1-16-14-18(23(10-12-30-32(2,26)27)11-13-31-33(3,28)29)9-8-17(16)15-22-20-7-5-4-6-19(20)21(24)25;/h4-9,14-15H,10-13H2,1-3H3,(H,24,25);1H. The van der Waals surface area contributed by atoms with Gasteiger partial charge in [0.2, 0.25) is 0 Å². The summed E-state index contributed by atoms with van der Waals surface area (Å²) in [7, 11) is -7.23. The number of carboxylic acid groups (broad SMARTS) is 1. The van der Waals surface area contributed by atoms with Crippen molar-refractivity contribution in [1.29, 1.82) is 0 Å². The summed E-state index contributed by atoms with van der Waals surface area (Å²) in [5.41, 5.74) is 2.68. The number of anilines is 1. The van der Waals surface area contributed by atoms with Crippen LogP contribution in [0.3, 0.4) is 0 Å². The molecule has 0 aliphatic carbocycles. The highest BCUT2D eigenvalue weighted by Gasteiger charge is 2.12. The lowest BCUT2D eigenvalue weighted by Crippen LogP contribution is -2.32. The highest BCUT2D eigenvalue weighted by molar-refractivity contribution is 7.86. The summed E-state index contributed by atoms with van der Waals surface area (Å²) in [5, 5.41) is 9.28. The predicted octanol–water partition coefficient (Wildman–Crippen LogP) is 2.62. The Hall–Kier alpha value is -2.51. The second-order valence-electron chi connectivity index (χ2n) is 7.16. The molecule has 0 bridgehead atoms. The van der Waals surface area contributed by atoms with Crippen molar-refractivity contribution >= 4 is 56.2 Å². The highest BCUT2D eigenvalue weighted by Crippen LogP contribution is 2.21. The van der Waals surface area contributed by atoms with Gasteiger partial charge in [-0.15, -0.1) is 12.4 Å². The quantitative estimate of drug-likeness (QED) is 0.321. The van der Waals surface area contributed by atoms with Crippen LogP contribution >= 0.6 is 12.4 Å². The molecule has 2 aromatic carbocycles. The third-order valence-electron chi connectivity index (χ3n) is 4.41. The van der Waals surface area contributed by atoms with Gasteiger partial charge in [0, 0.05) is 25.0 Å².